The minimum Gasteiger partial charge on any atom is -0.366 e. The number of para-hydroxylation sites is 1. The van der Waals surface area contributed by atoms with Gasteiger partial charge in [0, 0.05) is 22.6 Å². The third-order valence-corrected chi connectivity index (χ3v) is 4.01. The van der Waals surface area contributed by atoms with Crippen LogP contribution in [-0.2, 0) is 6.42 Å². The summed E-state index contributed by atoms with van der Waals surface area (Å²) in [5.74, 6) is 0. The Hall–Kier alpha value is -1.00. The van der Waals surface area contributed by atoms with Crippen molar-refractivity contribution < 1.29 is 0 Å². The van der Waals surface area contributed by atoms with Crippen molar-refractivity contribution in [2.75, 3.05) is 6.26 Å². The van der Waals surface area contributed by atoms with Crippen molar-refractivity contribution in [3.05, 3.63) is 36.0 Å². The third-order valence-electron chi connectivity index (χ3n) is 2.93. The Morgan fingerprint density at radius 2 is 2.11 bits per heavy atom. The predicted molar refractivity (Wildman–Crippen MR) is 85.3 cm³/mol. The first kappa shape index (κ1) is 13.4. The molecule has 0 atom stereocenters. The van der Waals surface area contributed by atoms with E-state index in [2.05, 4.69) is 54.6 Å². The first-order chi connectivity index (χ1) is 8.52. The van der Waals surface area contributed by atoms with E-state index in [0.29, 0.717) is 0 Å². The van der Waals surface area contributed by atoms with Gasteiger partial charge in [-0.1, -0.05) is 30.4 Å². The molecule has 1 aromatic heterocycles. The SMILES string of the molecule is CSC(=S)NC(C)(C)Cc1c[nH]c2ccccc12. The monoisotopic (exact) mass is 278 g/mol. The molecule has 0 fully saturated rings. The molecule has 0 bridgehead atoms. The smallest absolute Gasteiger partial charge is 0.133 e. The van der Waals surface area contributed by atoms with Crippen LogP contribution in [0.25, 0.3) is 10.9 Å². The second-order valence-corrected chi connectivity index (χ2v) is 6.52. The van der Waals surface area contributed by atoms with E-state index in [1.165, 1.54) is 16.5 Å². The lowest BCUT2D eigenvalue weighted by molar-refractivity contribution is 0.465. The van der Waals surface area contributed by atoms with Crippen LogP contribution in [0.5, 0.6) is 0 Å². The summed E-state index contributed by atoms with van der Waals surface area (Å²) in [4.78, 5) is 3.31. The zero-order chi connectivity index (χ0) is 13.2. The fourth-order valence-electron chi connectivity index (χ4n) is 2.13. The van der Waals surface area contributed by atoms with E-state index >= 15 is 0 Å². The summed E-state index contributed by atoms with van der Waals surface area (Å²) in [7, 11) is 0. The number of aromatic amines is 1. The van der Waals surface area contributed by atoms with E-state index in [1.807, 2.05) is 6.26 Å². The molecule has 1 aromatic carbocycles. The largest absolute Gasteiger partial charge is 0.366 e. The van der Waals surface area contributed by atoms with Crippen LogP contribution in [0.15, 0.2) is 30.5 Å². The molecule has 0 radical (unpaired) electrons. The molecule has 0 amide bonds. The van der Waals surface area contributed by atoms with Crippen molar-refractivity contribution in [2.24, 2.45) is 0 Å². The normalized spacial score (nSPS) is 11.7. The van der Waals surface area contributed by atoms with Crippen molar-refractivity contribution in [1.29, 1.82) is 0 Å². The van der Waals surface area contributed by atoms with E-state index in [4.69, 9.17) is 12.2 Å². The average molecular weight is 278 g/mol. The maximum Gasteiger partial charge on any atom is 0.133 e. The van der Waals surface area contributed by atoms with Gasteiger partial charge in [-0.05, 0) is 38.2 Å². The topological polar surface area (TPSA) is 27.8 Å². The molecular weight excluding hydrogens is 260 g/mol. The van der Waals surface area contributed by atoms with Gasteiger partial charge in [0.15, 0.2) is 0 Å². The van der Waals surface area contributed by atoms with Crippen molar-refractivity contribution in [1.82, 2.24) is 10.3 Å². The molecule has 4 heteroatoms. The Morgan fingerprint density at radius 1 is 1.39 bits per heavy atom. The van der Waals surface area contributed by atoms with E-state index in [-0.39, 0.29) is 5.54 Å². The number of H-pyrrole nitrogens is 1. The van der Waals surface area contributed by atoms with E-state index in [0.717, 1.165) is 10.7 Å². The van der Waals surface area contributed by atoms with Crippen LogP contribution in [0.3, 0.4) is 0 Å². The Kier molecular flexibility index (Phi) is 3.97. The molecule has 2 aromatic rings. The Bertz CT molecular complexity index is 558. The molecule has 0 saturated heterocycles. The Morgan fingerprint density at radius 3 is 2.83 bits per heavy atom. The lowest BCUT2D eigenvalue weighted by atomic mass is 9.95. The average Bonchev–Trinajstić information content (AvgIpc) is 2.71. The van der Waals surface area contributed by atoms with Crippen LogP contribution >= 0.6 is 24.0 Å². The van der Waals surface area contributed by atoms with Crippen molar-refractivity contribution in [3.8, 4) is 0 Å². The first-order valence-electron chi connectivity index (χ1n) is 5.93. The van der Waals surface area contributed by atoms with Gasteiger partial charge in [0.1, 0.15) is 4.32 Å². The minimum atomic E-state index is -0.0366. The number of hydrogen-bond acceptors (Lipinski definition) is 2. The van der Waals surface area contributed by atoms with Crippen LogP contribution in [0.1, 0.15) is 19.4 Å². The number of rotatable bonds is 3. The summed E-state index contributed by atoms with van der Waals surface area (Å²) in [6.07, 6.45) is 5.03. The minimum absolute atomic E-state index is 0.0366. The van der Waals surface area contributed by atoms with Gasteiger partial charge in [-0.15, -0.1) is 11.8 Å². The number of aromatic nitrogens is 1. The molecule has 1 heterocycles. The summed E-state index contributed by atoms with van der Waals surface area (Å²) in [6.45, 7) is 4.36. The molecule has 0 aliphatic rings. The van der Waals surface area contributed by atoms with Crippen LogP contribution in [0.4, 0.5) is 0 Å². The second-order valence-electron chi connectivity index (χ2n) is 5.04. The number of thiocarbonyl (C=S) groups is 1. The standard InChI is InChI=1S/C14H18N2S2/c1-14(2,16-13(17)18-3)8-10-9-15-12-7-5-4-6-11(10)12/h4-7,9,15H,8H2,1-3H3,(H,16,17). The summed E-state index contributed by atoms with van der Waals surface area (Å²) < 4.78 is 0.847. The number of fused-ring (bicyclic) bond motifs is 1. The van der Waals surface area contributed by atoms with E-state index in [9.17, 15) is 0 Å². The summed E-state index contributed by atoms with van der Waals surface area (Å²) >= 11 is 6.82. The Labute approximate surface area is 118 Å². The van der Waals surface area contributed by atoms with Gasteiger partial charge in [0.2, 0.25) is 0 Å². The fourth-order valence-corrected chi connectivity index (χ4v) is 2.78. The number of thioether (sulfide) groups is 1. The highest BCUT2D eigenvalue weighted by atomic mass is 32.2. The predicted octanol–water partition coefficient (Wildman–Crippen LogP) is 3.73. The number of hydrogen-bond donors (Lipinski definition) is 2. The van der Waals surface area contributed by atoms with Crippen LogP contribution in [-0.4, -0.2) is 21.1 Å². The van der Waals surface area contributed by atoms with Crippen molar-refractivity contribution >= 4 is 39.2 Å². The molecule has 96 valence electrons. The molecule has 0 spiro atoms. The van der Waals surface area contributed by atoms with Crippen LogP contribution in [0, 0.1) is 0 Å². The summed E-state index contributed by atoms with van der Waals surface area (Å²) in [5.41, 5.74) is 2.48. The molecule has 0 aliphatic heterocycles. The van der Waals surface area contributed by atoms with Gasteiger partial charge < -0.3 is 10.3 Å². The highest BCUT2D eigenvalue weighted by Crippen LogP contribution is 2.22. The maximum atomic E-state index is 5.24. The lowest BCUT2D eigenvalue weighted by Crippen LogP contribution is -2.43. The molecule has 2 rings (SSSR count). The van der Waals surface area contributed by atoms with Crippen LogP contribution in [0.2, 0.25) is 0 Å². The Balaban J connectivity index is 2.20. The third kappa shape index (κ3) is 3.06. The zero-order valence-corrected chi connectivity index (χ0v) is 12.5. The highest BCUT2D eigenvalue weighted by Gasteiger charge is 2.20. The summed E-state index contributed by atoms with van der Waals surface area (Å²) in [6, 6.07) is 8.39. The highest BCUT2D eigenvalue weighted by molar-refractivity contribution is 8.22. The fraction of sp³-hybridized carbons (Fsp3) is 0.357. The van der Waals surface area contributed by atoms with Gasteiger partial charge in [0.25, 0.3) is 0 Å². The molecule has 0 aliphatic carbocycles. The van der Waals surface area contributed by atoms with Gasteiger partial charge in [0.05, 0.1) is 0 Å². The van der Waals surface area contributed by atoms with E-state index in [1.54, 1.807) is 11.8 Å². The van der Waals surface area contributed by atoms with Crippen LogP contribution < -0.4 is 5.32 Å². The van der Waals surface area contributed by atoms with Gasteiger partial charge in [-0.25, -0.2) is 0 Å². The quantitative estimate of drug-likeness (QED) is 0.838. The molecular formula is C14H18N2S2. The van der Waals surface area contributed by atoms with Gasteiger partial charge >= 0.3 is 0 Å². The zero-order valence-electron chi connectivity index (χ0n) is 10.9. The van der Waals surface area contributed by atoms with Gasteiger partial charge in [-0.3, -0.25) is 0 Å². The summed E-state index contributed by atoms with van der Waals surface area (Å²) in [5, 5.41) is 4.68. The van der Waals surface area contributed by atoms with Crippen molar-refractivity contribution in [2.45, 2.75) is 25.8 Å². The lowest BCUT2D eigenvalue weighted by Gasteiger charge is -2.27. The molecule has 2 nitrogen and oxygen atoms in total. The molecule has 0 unspecified atom stereocenters. The number of benzene rings is 1. The molecule has 0 saturated carbocycles. The van der Waals surface area contributed by atoms with Crippen molar-refractivity contribution in [3.63, 3.8) is 0 Å². The van der Waals surface area contributed by atoms with Gasteiger partial charge in [-0.2, -0.15) is 0 Å². The maximum absolute atomic E-state index is 5.24. The second kappa shape index (κ2) is 5.33. The van der Waals surface area contributed by atoms with E-state index < -0.39 is 0 Å². The molecule has 2 N–H and O–H groups in total. The number of nitrogens with one attached hydrogen (secondary N) is 2. The first-order valence-corrected chi connectivity index (χ1v) is 7.56. The molecule has 18 heavy (non-hydrogen) atoms.